The zero-order valence-corrected chi connectivity index (χ0v) is 12.3. The van der Waals surface area contributed by atoms with Gasteiger partial charge in [-0.3, -0.25) is 4.79 Å². The van der Waals surface area contributed by atoms with Crippen molar-refractivity contribution in [1.29, 1.82) is 0 Å². The van der Waals surface area contributed by atoms with Crippen LogP contribution in [-0.2, 0) is 0 Å². The zero-order chi connectivity index (χ0) is 15.7. The minimum absolute atomic E-state index is 0.0117. The van der Waals surface area contributed by atoms with E-state index >= 15 is 0 Å². The van der Waals surface area contributed by atoms with Crippen molar-refractivity contribution >= 4 is 17.5 Å². The molecular weight excluding hydrogens is 311 g/mol. The first kappa shape index (κ1) is 15.0. The number of carbonyl (C=O) groups is 1. The first-order chi connectivity index (χ1) is 10.5. The van der Waals surface area contributed by atoms with Gasteiger partial charge in [-0.25, -0.2) is 4.39 Å². The SMILES string of the molecule is O=C(N[C@@H]1CC[C@H](O)C1)c1noc(-c2ccc(F)cc2)c1Cl. The predicted molar refractivity (Wildman–Crippen MR) is 78.0 cm³/mol. The largest absolute Gasteiger partial charge is 0.393 e. The van der Waals surface area contributed by atoms with Gasteiger partial charge in [0.15, 0.2) is 11.5 Å². The van der Waals surface area contributed by atoms with E-state index in [1.165, 1.54) is 24.3 Å². The van der Waals surface area contributed by atoms with Crippen molar-refractivity contribution in [2.75, 3.05) is 0 Å². The van der Waals surface area contributed by atoms with Crippen LogP contribution in [0.2, 0.25) is 5.02 Å². The summed E-state index contributed by atoms with van der Waals surface area (Å²) in [6.07, 6.45) is 1.52. The normalized spacial score (nSPS) is 21.0. The highest BCUT2D eigenvalue weighted by Gasteiger charge is 2.27. The molecule has 2 N–H and O–H groups in total. The number of benzene rings is 1. The van der Waals surface area contributed by atoms with E-state index in [2.05, 4.69) is 10.5 Å². The summed E-state index contributed by atoms with van der Waals surface area (Å²) in [5.41, 5.74) is 0.525. The lowest BCUT2D eigenvalue weighted by atomic mass is 10.1. The van der Waals surface area contributed by atoms with Crippen molar-refractivity contribution in [2.45, 2.75) is 31.4 Å². The maximum Gasteiger partial charge on any atom is 0.275 e. The summed E-state index contributed by atoms with van der Waals surface area (Å²) in [4.78, 5) is 12.2. The molecule has 2 aromatic rings. The molecule has 0 unspecified atom stereocenters. The third-order valence-corrected chi connectivity index (χ3v) is 4.05. The summed E-state index contributed by atoms with van der Waals surface area (Å²) in [5.74, 6) is -0.600. The highest BCUT2D eigenvalue weighted by molar-refractivity contribution is 6.35. The lowest BCUT2D eigenvalue weighted by Crippen LogP contribution is -2.33. The van der Waals surface area contributed by atoms with Gasteiger partial charge in [-0.15, -0.1) is 0 Å². The van der Waals surface area contributed by atoms with E-state index in [0.29, 0.717) is 24.8 Å². The minimum Gasteiger partial charge on any atom is -0.393 e. The standard InChI is InChI=1S/C15H14ClFN2O3/c16-12-13(15(21)18-10-5-6-11(20)7-10)19-22-14(12)8-1-3-9(17)4-2-8/h1-4,10-11,20H,5-7H2,(H,18,21)/t10-,11+/m1/s1. The average molecular weight is 325 g/mol. The number of aliphatic hydroxyl groups is 1. The Morgan fingerprint density at radius 3 is 2.73 bits per heavy atom. The highest BCUT2D eigenvalue weighted by Crippen LogP contribution is 2.31. The van der Waals surface area contributed by atoms with Gasteiger partial charge in [0.2, 0.25) is 0 Å². The van der Waals surface area contributed by atoms with Crippen LogP contribution < -0.4 is 5.32 Å². The number of hydrogen-bond acceptors (Lipinski definition) is 4. The van der Waals surface area contributed by atoms with Gasteiger partial charge in [0.1, 0.15) is 10.8 Å². The third-order valence-electron chi connectivity index (χ3n) is 3.70. The maximum atomic E-state index is 12.9. The van der Waals surface area contributed by atoms with Crippen molar-refractivity contribution < 1.29 is 18.8 Å². The molecule has 1 aliphatic carbocycles. The van der Waals surface area contributed by atoms with Crippen molar-refractivity contribution in [3.8, 4) is 11.3 Å². The molecule has 0 spiro atoms. The van der Waals surface area contributed by atoms with Crippen LogP contribution in [0.3, 0.4) is 0 Å². The Bertz CT molecular complexity index is 687. The van der Waals surface area contributed by atoms with Gasteiger partial charge >= 0.3 is 0 Å². The number of carbonyl (C=O) groups excluding carboxylic acids is 1. The van der Waals surface area contributed by atoms with E-state index in [1.54, 1.807) is 0 Å². The fourth-order valence-electron chi connectivity index (χ4n) is 2.54. The number of rotatable bonds is 3. The second-order valence-electron chi connectivity index (χ2n) is 5.32. The topological polar surface area (TPSA) is 75.4 Å². The Kier molecular flexibility index (Phi) is 4.13. The smallest absolute Gasteiger partial charge is 0.275 e. The average Bonchev–Trinajstić information content (AvgIpc) is 3.06. The van der Waals surface area contributed by atoms with Crippen LogP contribution in [0.5, 0.6) is 0 Å². The van der Waals surface area contributed by atoms with E-state index in [9.17, 15) is 14.3 Å². The Hall–Kier alpha value is -1.92. The van der Waals surface area contributed by atoms with Gasteiger partial charge in [0.25, 0.3) is 5.91 Å². The molecule has 0 aliphatic heterocycles. The zero-order valence-electron chi connectivity index (χ0n) is 11.6. The molecule has 1 heterocycles. The first-order valence-corrected chi connectivity index (χ1v) is 7.32. The molecule has 5 nitrogen and oxygen atoms in total. The number of hydrogen-bond donors (Lipinski definition) is 2. The lowest BCUT2D eigenvalue weighted by molar-refractivity contribution is 0.0925. The molecule has 1 fully saturated rings. The fourth-order valence-corrected chi connectivity index (χ4v) is 2.81. The molecule has 1 amide bonds. The molecule has 0 bridgehead atoms. The molecule has 1 aliphatic rings. The molecule has 7 heteroatoms. The number of halogens is 2. The van der Waals surface area contributed by atoms with Gasteiger partial charge in [-0.1, -0.05) is 16.8 Å². The first-order valence-electron chi connectivity index (χ1n) is 6.94. The molecule has 1 saturated carbocycles. The molecule has 116 valence electrons. The van der Waals surface area contributed by atoms with E-state index in [0.717, 1.165) is 0 Å². The maximum absolute atomic E-state index is 12.9. The molecule has 22 heavy (non-hydrogen) atoms. The number of amides is 1. The Morgan fingerprint density at radius 2 is 2.09 bits per heavy atom. The summed E-state index contributed by atoms with van der Waals surface area (Å²) in [6, 6.07) is 5.44. The molecule has 2 atom stereocenters. The molecule has 1 aromatic carbocycles. The van der Waals surface area contributed by atoms with Crippen LogP contribution in [0.15, 0.2) is 28.8 Å². The number of nitrogens with zero attached hydrogens (tertiary/aromatic N) is 1. The van der Waals surface area contributed by atoms with Gasteiger partial charge < -0.3 is 14.9 Å². The van der Waals surface area contributed by atoms with Crippen LogP contribution in [0.25, 0.3) is 11.3 Å². The quantitative estimate of drug-likeness (QED) is 0.910. The highest BCUT2D eigenvalue weighted by atomic mass is 35.5. The van der Waals surface area contributed by atoms with Crippen LogP contribution in [0, 0.1) is 5.82 Å². The molecule has 3 rings (SSSR count). The summed E-state index contributed by atoms with van der Waals surface area (Å²) in [5, 5.41) is 16.0. The second-order valence-corrected chi connectivity index (χ2v) is 5.70. The number of aromatic nitrogens is 1. The van der Waals surface area contributed by atoms with E-state index in [4.69, 9.17) is 16.1 Å². The molecule has 0 radical (unpaired) electrons. The molecule has 1 aromatic heterocycles. The van der Waals surface area contributed by atoms with Gasteiger partial charge in [0.05, 0.1) is 6.10 Å². The van der Waals surface area contributed by atoms with E-state index in [1.807, 2.05) is 0 Å². The lowest BCUT2D eigenvalue weighted by Gasteiger charge is -2.10. The van der Waals surface area contributed by atoms with Crippen molar-refractivity contribution in [1.82, 2.24) is 10.5 Å². The second kappa shape index (κ2) is 6.06. The minimum atomic E-state index is -0.443. The Labute approximate surface area is 131 Å². The Balaban J connectivity index is 1.78. The van der Waals surface area contributed by atoms with Gasteiger partial charge in [0, 0.05) is 11.6 Å². The van der Waals surface area contributed by atoms with Crippen molar-refractivity contribution in [3.63, 3.8) is 0 Å². The molecule has 0 saturated heterocycles. The predicted octanol–water partition coefficient (Wildman–Crippen LogP) is 2.78. The summed E-state index contributed by atoms with van der Waals surface area (Å²) in [7, 11) is 0. The Morgan fingerprint density at radius 1 is 1.36 bits per heavy atom. The van der Waals surface area contributed by atoms with E-state index < -0.39 is 5.91 Å². The van der Waals surface area contributed by atoms with E-state index in [-0.39, 0.29) is 34.4 Å². The van der Waals surface area contributed by atoms with Crippen LogP contribution >= 0.6 is 11.6 Å². The summed E-state index contributed by atoms with van der Waals surface area (Å²) < 4.78 is 18.0. The van der Waals surface area contributed by atoms with Crippen LogP contribution in [0.4, 0.5) is 4.39 Å². The fraction of sp³-hybridized carbons (Fsp3) is 0.333. The van der Waals surface area contributed by atoms with Crippen molar-refractivity contribution in [3.05, 3.63) is 40.8 Å². The summed E-state index contributed by atoms with van der Waals surface area (Å²) >= 11 is 6.15. The van der Waals surface area contributed by atoms with Crippen LogP contribution in [0.1, 0.15) is 29.8 Å². The molecular formula is C15H14ClFN2O3. The monoisotopic (exact) mass is 324 g/mol. The van der Waals surface area contributed by atoms with Gasteiger partial charge in [-0.05, 0) is 43.5 Å². The number of nitrogens with one attached hydrogen (secondary N) is 1. The van der Waals surface area contributed by atoms with Crippen molar-refractivity contribution in [2.24, 2.45) is 0 Å². The summed E-state index contributed by atoms with van der Waals surface area (Å²) in [6.45, 7) is 0. The third kappa shape index (κ3) is 2.98. The van der Waals surface area contributed by atoms with Gasteiger partial charge in [-0.2, -0.15) is 0 Å². The van der Waals surface area contributed by atoms with Crippen LogP contribution in [-0.4, -0.2) is 28.3 Å². The number of aliphatic hydroxyl groups excluding tert-OH is 1.